The Balaban J connectivity index is 1.39. The van der Waals surface area contributed by atoms with Gasteiger partial charge >= 0.3 is 0 Å². The first-order valence-corrected chi connectivity index (χ1v) is 9.00. The van der Waals surface area contributed by atoms with Crippen LogP contribution in [-0.2, 0) is 6.54 Å². The number of nitriles is 1. The lowest BCUT2D eigenvalue weighted by Crippen LogP contribution is -2.35. The molecule has 1 atom stereocenters. The number of nitrogens with zero attached hydrogens (tertiary/aromatic N) is 5. The first kappa shape index (κ1) is 16.0. The Bertz CT molecular complexity index is 793. The number of likely N-dealkylation sites (tertiary alicyclic amines) is 1. The van der Waals surface area contributed by atoms with Crippen molar-refractivity contribution in [2.24, 2.45) is 0 Å². The van der Waals surface area contributed by atoms with Gasteiger partial charge in [0.25, 0.3) is 0 Å². The van der Waals surface area contributed by atoms with Gasteiger partial charge in [0.2, 0.25) is 0 Å². The third-order valence-corrected chi connectivity index (χ3v) is 5.22. The molecule has 0 N–H and O–H groups in total. The monoisotopic (exact) mass is 333 g/mol. The van der Waals surface area contributed by atoms with Crippen LogP contribution in [0.5, 0.6) is 0 Å². The van der Waals surface area contributed by atoms with Gasteiger partial charge in [0.1, 0.15) is 11.6 Å². The standard InChI is InChI=1S/C20H23N5/c1-24(19-7-9-22-20(23-19)17-5-6-17)18-8-10-25(14-18)13-16-4-2-3-15(11-16)12-21/h2-4,7,9,11,17-18H,5-6,8,10,13-14H2,1H3. The SMILES string of the molecule is CN(c1ccnc(C2CC2)n1)C1CCN(Cc2cccc(C#N)c2)C1. The number of benzene rings is 1. The van der Waals surface area contributed by atoms with Crippen molar-refractivity contribution < 1.29 is 0 Å². The van der Waals surface area contributed by atoms with Gasteiger partial charge in [0.15, 0.2) is 0 Å². The second kappa shape index (κ2) is 6.81. The Kier molecular flexibility index (Phi) is 4.37. The van der Waals surface area contributed by atoms with Crippen molar-refractivity contribution in [1.82, 2.24) is 14.9 Å². The fourth-order valence-electron chi connectivity index (χ4n) is 3.55. The predicted octanol–water partition coefficient (Wildman–Crippen LogP) is 2.94. The lowest BCUT2D eigenvalue weighted by atomic mass is 10.1. The fourth-order valence-corrected chi connectivity index (χ4v) is 3.55. The van der Waals surface area contributed by atoms with Crippen molar-refractivity contribution >= 4 is 5.82 Å². The van der Waals surface area contributed by atoms with E-state index in [0.717, 1.165) is 43.3 Å². The van der Waals surface area contributed by atoms with Gasteiger partial charge in [-0.15, -0.1) is 0 Å². The first-order valence-electron chi connectivity index (χ1n) is 9.00. The molecule has 4 rings (SSSR count). The lowest BCUT2D eigenvalue weighted by molar-refractivity contribution is 0.326. The molecule has 1 aliphatic heterocycles. The Morgan fingerprint density at radius 3 is 2.96 bits per heavy atom. The highest BCUT2D eigenvalue weighted by molar-refractivity contribution is 5.39. The molecular formula is C20H23N5. The van der Waals surface area contributed by atoms with E-state index < -0.39 is 0 Å². The maximum atomic E-state index is 9.05. The van der Waals surface area contributed by atoms with Gasteiger partial charge < -0.3 is 4.90 Å². The summed E-state index contributed by atoms with van der Waals surface area (Å²) in [6, 6.07) is 12.6. The largest absolute Gasteiger partial charge is 0.355 e. The van der Waals surface area contributed by atoms with Crippen molar-refractivity contribution in [3.05, 3.63) is 53.5 Å². The Labute approximate surface area is 148 Å². The van der Waals surface area contributed by atoms with Crippen molar-refractivity contribution in [3.63, 3.8) is 0 Å². The fraction of sp³-hybridized carbons (Fsp3) is 0.450. The summed E-state index contributed by atoms with van der Waals surface area (Å²) < 4.78 is 0. The molecule has 1 saturated heterocycles. The first-order chi connectivity index (χ1) is 12.2. The molecular weight excluding hydrogens is 310 g/mol. The molecule has 1 unspecified atom stereocenters. The highest BCUT2D eigenvalue weighted by Gasteiger charge is 2.29. The zero-order valence-corrected chi connectivity index (χ0v) is 14.6. The summed E-state index contributed by atoms with van der Waals surface area (Å²) in [5, 5.41) is 9.05. The molecule has 25 heavy (non-hydrogen) atoms. The minimum atomic E-state index is 0.473. The van der Waals surface area contributed by atoms with Gasteiger partial charge in [0.05, 0.1) is 11.6 Å². The van der Waals surface area contributed by atoms with Crippen molar-refractivity contribution in [2.75, 3.05) is 25.0 Å². The number of hydrogen-bond acceptors (Lipinski definition) is 5. The average molecular weight is 333 g/mol. The van der Waals surface area contributed by atoms with Gasteiger partial charge in [-0.2, -0.15) is 5.26 Å². The Hall–Kier alpha value is -2.45. The molecule has 1 saturated carbocycles. The predicted molar refractivity (Wildman–Crippen MR) is 97.2 cm³/mol. The highest BCUT2D eigenvalue weighted by Crippen LogP contribution is 2.38. The maximum Gasteiger partial charge on any atom is 0.133 e. The van der Waals surface area contributed by atoms with Crippen LogP contribution in [0.2, 0.25) is 0 Å². The van der Waals surface area contributed by atoms with Gasteiger partial charge in [-0.25, -0.2) is 9.97 Å². The number of rotatable bonds is 5. The lowest BCUT2D eigenvalue weighted by Gasteiger charge is -2.26. The highest BCUT2D eigenvalue weighted by atomic mass is 15.3. The molecule has 2 aromatic rings. The molecule has 5 nitrogen and oxygen atoms in total. The number of hydrogen-bond donors (Lipinski definition) is 0. The summed E-state index contributed by atoms with van der Waals surface area (Å²) in [6.07, 6.45) is 5.49. The van der Waals surface area contributed by atoms with Crippen LogP contribution in [0.15, 0.2) is 36.5 Å². The van der Waals surface area contributed by atoms with Crippen LogP contribution in [-0.4, -0.2) is 41.0 Å². The molecule has 1 aromatic heterocycles. The summed E-state index contributed by atoms with van der Waals surface area (Å²) in [7, 11) is 2.14. The van der Waals surface area contributed by atoms with Crippen molar-refractivity contribution in [3.8, 4) is 6.07 Å². The van der Waals surface area contributed by atoms with Gasteiger partial charge in [-0.1, -0.05) is 12.1 Å². The van der Waals surface area contributed by atoms with Crippen molar-refractivity contribution in [2.45, 2.75) is 37.8 Å². The smallest absolute Gasteiger partial charge is 0.133 e. The van der Waals surface area contributed by atoms with Crippen LogP contribution < -0.4 is 4.90 Å². The van der Waals surface area contributed by atoms with Crippen LogP contribution in [0.1, 0.15) is 42.1 Å². The van der Waals surface area contributed by atoms with Crippen LogP contribution in [0.4, 0.5) is 5.82 Å². The molecule has 128 valence electrons. The normalized spacial score (nSPS) is 20.4. The second-order valence-corrected chi connectivity index (χ2v) is 7.15. The van der Waals surface area contributed by atoms with Crippen LogP contribution >= 0.6 is 0 Å². The molecule has 2 heterocycles. The third kappa shape index (κ3) is 3.64. The maximum absolute atomic E-state index is 9.05. The van der Waals surface area contributed by atoms with Crippen molar-refractivity contribution in [1.29, 1.82) is 5.26 Å². The van der Waals surface area contributed by atoms with E-state index in [4.69, 9.17) is 10.2 Å². The second-order valence-electron chi connectivity index (χ2n) is 7.15. The summed E-state index contributed by atoms with van der Waals surface area (Å²) in [4.78, 5) is 14.0. The van der Waals surface area contributed by atoms with Crippen LogP contribution in [0.25, 0.3) is 0 Å². The Morgan fingerprint density at radius 1 is 1.28 bits per heavy atom. The molecule has 0 amide bonds. The quantitative estimate of drug-likeness (QED) is 0.842. The minimum Gasteiger partial charge on any atom is -0.355 e. The number of aromatic nitrogens is 2. The van der Waals surface area contributed by atoms with Crippen LogP contribution in [0, 0.1) is 11.3 Å². The molecule has 5 heteroatoms. The van der Waals surface area contributed by atoms with E-state index in [1.807, 2.05) is 30.5 Å². The zero-order valence-electron chi connectivity index (χ0n) is 14.6. The van der Waals surface area contributed by atoms with E-state index in [-0.39, 0.29) is 0 Å². The molecule has 2 aliphatic rings. The Morgan fingerprint density at radius 2 is 2.16 bits per heavy atom. The van der Waals surface area contributed by atoms with Gasteiger partial charge in [0, 0.05) is 44.8 Å². The zero-order chi connectivity index (χ0) is 17.2. The summed E-state index contributed by atoms with van der Waals surface area (Å²) in [5.74, 6) is 2.63. The van der Waals surface area contributed by atoms with Gasteiger partial charge in [-0.05, 0) is 43.0 Å². The molecule has 0 bridgehead atoms. The van der Waals surface area contributed by atoms with E-state index in [2.05, 4.69) is 34.0 Å². The van der Waals surface area contributed by atoms with E-state index in [1.54, 1.807) is 0 Å². The molecule has 0 spiro atoms. The average Bonchev–Trinajstić information content (AvgIpc) is 3.41. The third-order valence-electron chi connectivity index (χ3n) is 5.22. The number of likely N-dealkylation sites (N-methyl/N-ethyl adjacent to an activating group) is 1. The molecule has 0 radical (unpaired) electrons. The summed E-state index contributed by atoms with van der Waals surface area (Å²) in [5.41, 5.74) is 1.94. The molecule has 1 aliphatic carbocycles. The molecule has 1 aromatic carbocycles. The van der Waals surface area contributed by atoms with Gasteiger partial charge in [-0.3, -0.25) is 4.90 Å². The summed E-state index contributed by atoms with van der Waals surface area (Å²) >= 11 is 0. The van der Waals surface area contributed by atoms with E-state index in [0.29, 0.717) is 12.0 Å². The molecule has 2 fully saturated rings. The van der Waals surface area contributed by atoms with E-state index >= 15 is 0 Å². The summed E-state index contributed by atoms with van der Waals surface area (Å²) in [6.45, 7) is 3.00. The number of anilines is 1. The van der Waals surface area contributed by atoms with E-state index in [9.17, 15) is 0 Å². The van der Waals surface area contributed by atoms with Crippen LogP contribution in [0.3, 0.4) is 0 Å². The topological polar surface area (TPSA) is 56.1 Å². The van der Waals surface area contributed by atoms with E-state index in [1.165, 1.54) is 18.4 Å². The minimum absolute atomic E-state index is 0.473.